The molecule has 0 radical (unpaired) electrons. The number of nitrogens with zero attached hydrogens (tertiary/aromatic N) is 3. The number of hydrogen-bond acceptors (Lipinski definition) is 7. The third kappa shape index (κ3) is 5.98. The summed E-state index contributed by atoms with van der Waals surface area (Å²) in [5.74, 6) is 0.0178. The fourth-order valence-electron chi connectivity index (χ4n) is 5.69. The molecule has 1 amide bonds. The molecule has 6 rings (SSSR count). The number of fused-ring (bicyclic) bond motifs is 1. The molecule has 2 aromatic heterocycles. The van der Waals surface area contributed by atoms with Crippen LogP contribution in [0.3, 0.4) is 0 Å². The van der Waals surface area contributed by atoms with Gasteiger partial charge in [-0.25, -0.2) is 23.5 Å². The first kappa shape index (κ1) is 28.9. The van der Waals surface area contributed by atoms with Crippen LogP contribution in [0.1, 0.15) is 24.0 Å². The van der Waals surface area contributed by atoms with Crippen molar-refractivity contribution in [1.82, 2.24) is 20.3 Å². The molecule has 3 aromatic carbocycles. The SMILES string of the molecule is COc1cc(F)cc2[nH]c(-c3c(N)ncc(-c4cc(C)cc(F)c4)c3N3CCC(NC(=O)OCc4ccccc4)CC3)nc12. The summed E-state index contributed by atoms with van der Waals surface area (Å²) in [6, 6.07) is 16.8. The fraction of sp³-hybridized carbons (Fsp3) is 0.242. The Labute approximate surface area is 253 Å². The van der Waals surface area contributed by atoms with Crippen LogP contribution >= 0.6 is 0 Å². The van der Waals surface area contributed by atoms with Gasteiger partial charge >= 0.3 is 6.09 Å². The number of hydrogen-bond donors (Lipinski definition) is 3. The number of carbonyl (C=O) groups excluding carboxylic acids is 1. The molecule has 1 aliphatic heterocycles. The quantitative estimate of drug-likeness (QED) is 0.199. The average Bonchev–Trinajstić information content (AvgIpc) is 3.43. The maximum atomic E-state index is 14.6. The summed E-state index contributed by atoms with van der Waals surface area (Å²) in [5, 5.41) is 2.97. The lowest BCUT2D eigenvalue weighted by Crippen LogP contribution is -2.45. The summed E-state index contributed by atoms with van der Waals surface area (Å²) in [7, 11) is 1.45. The number of halogens is 2. The molecule has 5 aromatic rings. The van der Waals surface area contributed by atoms with Crippen molar-refractivity contribution in [2.45, 2.75) is 32.4 Å². The van der Waals surface area contributed by atoms with E-state index in [-0.39, 0.29) is 30.0 Å². The molecule has 9 nitrogen and oxygen atoms in total. The number of pyridine rings is 1. The van der Waals surface area contributed by atoms with Crippen LogP contribution in [0.15, 0.2) is 66.9 Å². The third-order valence-corrected chi connectivity index (χ3v) is 7.75. The molecule has 44 heavy (non-hydrogen) atoms. The molecule has 0 spiro atoms. The Bertz CT molecular complexity index is 1800. The maximum absolute atomic E-state index is 14.6. The van der Waals surface area contributed by atoms with Crippen LogP contribution < -0.4 is 20.7 Å². The van der Waals surface area contributed by atoms with Gasteiger partial charge in [-0.3, -0.25) is 0 Å². The summed E-state index contributed by atoms with van der Waals surface area (Å²) in [6.45, 7) is 3.12. The monoisotopic (exact) mass is 598 g/mol. The number of nitrogens with one attached hydrogen (secondary N) is 2. The second kappa shape index (κ2) is 12.2. The molecule has 0 aliphatic carbocycles. The molecule has 0 bridgehead atoms. The van der Waals surface area contributed by atoms with E-state index in [1.807, 2.05) is 43.3 Å². The molecule has 1 saturated heterocycles. The van der Waals surface area contributed by atoms with Crippen LogP contribution in [0.25, 0.3) is 33.5 Å². The molecular formula is C33H32F2N6O3. The minimum Gasteiger partial charge on any atom is -0.494 e. The van der Waals surface area contributed by atoms with Crippen molar-refractivity contribution in [2.24, 2.45) is 0 Å². The van der Waals surface area contributed by atoms with Crippen LogP contribution in [-0.4, -0.2) is 47.3 Å². The Kier molecular flexibility index (Phi) is 8.01. The van der Waals surface area contributed by atoms with E-state index in [0.29, 0.717) is 65.2 Å². The highest BCUT2D eigenvalue weighted by Gasteiger charge is 2.29. The number of aromatic amines is 1. The van der Waals surface area contributed by atoms with Gasteiger partial charge < -0.3 is 30.4 Å². The Morgan fingerprint density at radius 3 is 2.57 bits per heavy atom. The largest absolute Gasteiger partial charge is 0.494 e. The van der Waals surface area contributed by atoms with Crippen LogP contribution in [0.4, 0.5) is 25.1 Å². The zero-order valence-corrected chi connectivity index (χ0v) is 24.4. The lowest BCUT2D eigenvalue weighted by Gasteiger charge is -2.36. The van der Waals surface area contributed by atoms with Crippen molar-refractivity contribution in [2.75, 3.05) is 30.8 Å². The molecule has 1 aliphatic rings. The van der Waals surface area contributed by atoms with Gasteiger partial charge in [0.2, 0.25) is 0 Å². The van der Waals surface area contributed by atoms with Gasteiger partial charge in [0.1, 0.15) is 41.1 Å². The van der Waals surface area contributed by atoms with Gasteiger partial charge in [0.05, 0.1) is 23.9 Å². The zero-order chi connectivity index (χ0) is 30.8. The van der Waals surface area contributed by atoms with Crippen LogP contribution in [-0.2, 0) is 11.3 Å². The summed E-state index contributed by atoms with van der Waals surface area (Å²) >= 11 is 0. The molecule has 4 N–H and O–H groups in total. The van der Waals surface area contributed by atoms with Crippen LogP contribution in [0.5, 0.6) is 5.75 Å². The number of nitrogens with two attached hydrogens (primary N) is 1. The predicted octanol–water partition coefficient (Wildman–Crippen LogP) is 6.36. The highest BCUT2D eigenvalue weighted by Crippen LogP contribution is 2.43. The van der Waals surface area contributed by atoms with Gasteiger partial charge in [-0.05, 0) is 54.7 Å². The summed E-state index contributed by atoms with van der Waals surface area (Å²) in [6.07, 6.45) is 2.42. The summed E-state index contributed by atoms with van der Waals surface area (Å²) in [4.78, 5) is 27.1. The number of methoxy groups -OCH3 is 1. The van der Waals surface area contributed by atoms with Crippen molar-refractivity contribution in [3.63, 3.8) is 0 Å². The lowest BCUT2D eigenvalue weighted by molar-refractivity contribution is 0.134. The second-order valence-electron chi connectivity index (χ2n) is 10.9. The molecule has 0 unspecified atom stereocenters. The van der Waals surface area contributed by atoms with E-state index in [1.54, 1.807) is 6.20 Å². The molecule has 1 fully saturated rings. The first-order valence-electron chi connectivity index (χ1n) is 14.3. The van der Waals surface area contributed by atoms with Gasteiger partial charge in [-0.15, -0.1) is 0 Å². The van der Waals surface area contributed by atoms with Gasteiger partial charge in [-0.1, -0.05) is 36.4 Å². The highest BCUT2D eigenvalue weighted by atomic mass is 19.1. The second-order valence-corrected chi connectivity index (χ2v) is 10.9. The third-order valence-electron chi connectivity index (χ3n) is 7.75. The molecule has 0 atom stereocenters. The van der Waals surface area contributed by atoms with E-state index < -0.39 is 11.9 Å². The number of H-pyrrole nitrogens is 1. The number of rotatable bonds is 7. The van der Waals surface area contributed by atoms with Crippen molar-refractivity contribution in [1.29, 1.82) is 0 Å². The van der Waals surface area contributed by atoms with Crippen molar-refractivity contribution in [3.8, 4) is 28.3 Å². The number of anilines is 2. The first-order valence-corrected chi connectivity index (χ1v) is 14.3. The number of amides is 1. The predicted molar refractivity (Wildman–Crippen MR) is 165 cm³/mol. The molecule has 226 valence electrons. The Hall–Kier alpha value is -5.19. The average molecular weight is 599 g/mol. The van der Waals surface area contributed by atoms with E-state index in [2.05, 4.69) is 20.2 Å². The number of imidazole rings is 1. The molecule has 11 heteroatoms. The van der Waals surface area contributed by atoms with E-state index in [1.165, 1.54) is 31.4 Å². The van der Waals surface area contributed by atoms with Crippen LogP contribution in [0, 0.1) is 18.6 Å². The number of alkyl carbamates (subject to hydrolysis) is 1. The van der Waals surface area contributed by atoms with Gasteiger partial charge in [0, 0.05) is 37.0 Å². The van der Waals surface area contributed by atoms with E-state index in [0.717, 1.165) is 11.1 Å². The van der Waals surface area contributed by atoms with Gasteiger partial charge in [-0.2, -0.15) is 0 Å². The number of aromatic nitrogens is 3. The van der Waals surface area contributed by atoms with Crippen molar-refractivity contribution < 1.29 is 23.0 Å². The number of piperidine rings is 1. The van der Waals surface area contributed by atoms with E-state index in [9.17, 15) is 13.6 Å². The molecule has 0 saturated carbocycles. The molecule has 3 heterocycles. The van der Waals surface area contributed by atoms with Crippen LogP contribution in [0.2, 0.25) is 0 Å². The Morgan fingerprint density at radius 1 is 1.09 bits per heavy atom. The van der Waals surface area contributed by atoms with E-state index in [4.69, 9.17) is 20.2 Å². The van der Waals surface area contributed by atoms with Gasteiger partial charge in [0.25, 0.3) is 0 Å². The summed E-state index contributed by atoms with van der Waals surface area (Å²) < 4.78 is 39.7. The number of nitrogen functional groups attached to an aromatic ring is 1. The first-order chi connectivity index (χ1) is 21.3. The molecular weight excluding hydrogens is 566 g/mol. The summed E-state index contributed by atoms with van der Waals surface area (Å²) in [5.41, 5.74) is 11.6. The standard InChI is InChI=1S/C33H32F2N6O3/c1-19-12-21(14-22(34)13-19)25-17-37-31(36)28(32-39-26-15-23(35)16-27(43-2)29(26)40-32)30(25)41-10-8-24(9-11-41)38-33(42)44-18-20-6-4-3-5-7-20/h3-7,12-17,24H,8-11,18H2,1-2H3,(H2,36,37)(H,38,42)(H,39,40). The van der Waals surface area contributed by atoms with Crippen molar-refractivity contribution in [3.05, 3.63) is 89.6 Å². The maximum Gasteiger partial charge on any atom is 0.407 e. The highest BCUT2D eigenvalue weighted by molar-refractivity contribution is 5.96. The normalized spacial score (nSPS) is 13.7. The Balaban J connectivity index is 1.33. The lowest BCUT2D eigenvalue weighted by atomic mass is 9.96. The number of aryl methyl sites for hydroxylation is 1. The zero-order valence-electron chi connectivity index (χ0n) is 24.4. The topological polar surface area (TPSA) is 118 Å². The number of carbonyl (C=O) groups is 1. The minimum absolute atomic E-state index is 0.101. The number of benzene rings is 3. The van der Waals surface area contributed by atoms with Crippen molar-refractivity contribution >= 4 is 28.6 Å². The Morgan fingerprint density at radius 2 is 1.84 bits per heavy atom. The number of ether oxygens (including phenoxy) is 2. The fourth-order valence-corrected chi connectivity index (χ4v) is 5.69. The van der Waals surface area contributed by atoms with E-state index >= 15 is 0 Å². The minimum atomic E-state index is -0.475. The van der Waals surface area contributed by atoms with Gasteiger partial charge in [0.15, 0.2) is 0 Å². The smallest absolute Gasteiger partial charge is 0.407 e.